The van der Waals surface area contributed by atoms with Gasteiger partial charge in [-0.15, -0.1) is 6.58 Å². The molecule has 0 bridgehead atoms. The van der Waals surface area contributed by atoms with E-state index in [2.05, 4.69) is 17.2 Å². The van der Waals surface area contributed by atoms with Gasteiger partial charge in [-0.3, -0.25) is 9.59 Å². The number of benzene rings is 1. The Bertz CT molecular complexity index is 552. The van der Waals surface area contributed by atoms with Gasteiger partial charge in [0, 0.05) is 20.0 Å². The van der Waals surface area contributed by atoms with Crippen LogP contribution in [0.3, 0.4) is 0 Å². The second kappa shape index (κ2) is 8.61. The molecule has 6 heteroatoms. The van der Waals surface area contributed by atoms with Crippen LogP contribution in [0.25, 0.3) is 0 Å². The molecule has 2 N–H and O–H groups in total. The quantitative estimate of drug-likeness (QED) is 0.585. The Morgan fingerprint density at radius 2 is 1.86 bits per heavy atom. The predicted molar refractivity (Wildman–Crippen MR) is 82.0 cm³/mol. The minimum atomic E-state index is -0.883. The van der Waals surface area contributed by atoms with Gasteiger partial charge in [-0.25, -0.2) is 4.79 Å². The summed E-state index contributed by atoms with van der Waals surface area (Å²) < 4.78 is 5.08. The van der Waals surface area contributed by atoms with Gasteiger partial charge in [0.05, 0.1) is 5.56 Å². The molecule has 0 heterocycles. The summed E-state index contributed by atoms with van der Waals surface area (Å²) in [5, 5.41) is 5.21. The molecule has 6 nitrogen and oxygen atoms in total. The number of carbonyl (C=O) groups is 3. The van der Waals surface area contributed by atoms with Crippen LogP contribution in [0.2, 0.25) is 0 Å². The summed E-state index contributed by atoms with van der Waals surface area (Å²) >= 11 is 0. The van der Waals surface area contributed by atoms with Crippen molar-refractivity contribution in [3.05, 3.63) is 48.0 Å². The lowest BCUT2D eigenvalue weighted by atomic mass is 10.1. The molecule has 0 aliphatic heterocycles. The van der Waals surface area contributed by atoms with Crippen molar-refractivity contribution in [1.29, 1.82) is 0 Å². The van der Waals surface area contributed by atoms with Crippen LogP contribution in [0.15, 0.2) is 36.9 Å². The van der Waals surface area contributed by atoms with E-state index >= 15 is 0 Å². The minimum absolute atomic E-state index is 0.122. The van der Waals surface area contributed by atoms with E-state index in [0.717, 1.165) is 5.56 Å². The van der Waals surface area contributed by atoms with Gasteiger partial charge in [0.25, 0.3) is 5.91 Å². The minimum Gasteiger partial charge on any atom is -0.449 e. The number of carbonyl (C=O) groups excluding carboxylic acids is 3. The van der Waals surface area contributed by atoms with E-state index in [1.165, 1.54) is 13.8 Å². The summed E-state index contributed by atoms with van der Waals surface area (Å²) in [6, 6.07) is 6.62. The van der Waals surface area contributed by atoms with E-state index in [4.69, 9.17) is 4.74 Å². The molecule has 22 heavy (non-hydrogen) atoms. The summed E-state index contributed by atoms with van der Waals surface area (Å²) in [6.07, 6.45) is 0.659. The fraction of sp³-hybridized carbons (Fsp3) is 0.312. The summed E-state index contributed by atoms with van der Waals surface area (Å²) in [5.41, 5.74) is 1.21. The fourth-order valence-corrected chi connectivity index (χ4v) is 1.58. The van der Waals surface area contributed by atoms with Crippen molar-refractivity contribution < 1.29 is 19.1 Å². The van der Waals surface area contributed by atoms with Gasteiger partial charge in [0.2, 0.25) is 5.91 Å². The molecule has 0 saturated carbocycles. The highest BCUT2D eigenvalue weighted by Gasteiger charge is 2.18. The molecular weight excluding hydrogens is 284 g/mol. The average Bonchev–Trinajstić information content (AvgIpc) is 2.50. The summed E-state index contributed by atoms with van der Waals surface area (Å²) in [4.78, 5) is 34.3. The van der Waals surface area contributed by atoms with Gasteiger partial charge in [0.1, 0.15) is 0 Å². The zero-order chi connectivity index (χ0) is 16.5. The molecule has 118 valence electrons. The number of rotatable bonds is 7. The molecule has 1 rings (SSSR count). The van der Waals surface area contributed by atoms with Gasteiger partial charge < -0.3 is 15.4 Å². The molecule has 1 atom stereocenters. The summed E-state index contributed by atoms with van der Waals surface area (Å²) in [7, 11) is 0. The molecule has 1 aromatic rings. The zero-order valence-corrected chi connectivity index (χ0v) is 12.7. The first-order valence-electron chi connectivity index (χ1n) is 6.87. The molecule has 0 aliphatic carbocycles. The lowest BCUT2D eigenvalue weighted by Crippen LogP contribution is -2.35. The SMILES string of the molecule is C=CCNC(=O)C(C)OC(=O)c1ccc(CNC(C)=O)cc1. The van der Waals surface area contributed by atoms with Crippen molar-refractivity contribution in [3.63, 3.8) is 0 Å². The van der Waals surface area contributed by atoms with Crippen molar-refractivity contribution in [3.8, 4) is 0 Å². The van der Waals surface area contributed by atoms with Gasteiger partial charge in [-0.1, -0.05) is 18.2 Å². The third-order valence-electron chi connectivity index (χ3n) is 2.80. The fourth-order valence-electron chi connectivity index (χ4n) is 1.58. The highest BCUT2D eigenvalue weighted by Crippen LogP contribution is 2.07. The Morgan fingerprint density at radius 3 is 2.41 bits per heavy atom. The van der Waals surface area contributed by atoms with Crippen LogP contribution in [0.4, 0.5) is 0 Å². The monoisotopic (exact) mass is 304 g/mol. The number of amides is 2. The van der Waals surface area contributed by atoms with Crippen LogP contribution < -0.4 is 10.6 Å². The molecule has 1 unspecified atom stereocenters. The average molecular weight is 304 g/mol. The molecule has 2 amide bonds. The molecule has 0 fully saturated rings. The van der Waals surface area contributed by atoms with Gasteiger partial charge >= 0.3 is 5.97 Å². The van der Waals surface area contributed by atoms with Crippen LogP contribution in [0.1, 0.15) is 29.8 Å². The van der Waals surface area contributed by atoms with Crippen LogP contribution >= 0.6 is 0 Å². The topological polar surface area (TPSA) is 84.5 Å². The maximum absolute atomic E-state index is 11.9. The maximum atomic E-state index is 11.9. The van der Waals surface area contributed by atoms with E-state index in [0.29, 0.717) is 18.7 Å². The zero-order valence-electron chi connectivity index (χ0n) is 12.7. The highest BCUT2D eigenvalue weighted by molar-refractivity contribution is 5.92. The van der Waals surface area contributed by atoms with E-state index in [1.807, 2.05) is 0 Å². The van der Waals surface area contributed by atoms with E-state index < -0.39 is 12.1 Å². The van der Waals surface area contributed by atoms with Crippen LogP contribution in [0.5, 0.6) is 0 Å². The number of hydrogen-bond acceptors (Lipinski definition) is 4. The van der Waals surface area contributed by atoms with Gasteiger partial charge in [-0.2, -0.15) is 0 Å². The normalized spacial score (nSPS) is 11.2. The molecule has 0 aromatic heterocycles. The third-order valence-corrected chi connectivity index (χ3v) is 2.80. The molecule has 0 radical (unpaired) electrons. The number of esters is 1. The Morgan fingerprint density at radius 1 is 1.23 bits per heavy atom. The molecular formula is C16H20N2O4. The predicted octanol–water partition coefficient (Wildman–Crippen LogP) is 1.17. The van der Waals surface area contributed by atoms with E-state index in [1.54, 1.807) is 30.3 Å². The number of ether oxygens (including phenoxy) is 1. The molecule has 1 aromatic carbocycles. The first-order valence-corrected chi connectivity index (χ1v) is 6.87. The smallest absolute Gasteiger partial charge is 0.338 e. The summed E-state index contributed by atoms with van der Waals surface area (Å²) in [5.74, 6) is -1.08. The first kappa shape index (κ1) is 17.4. The summed E-state index contributed by atoms with van der Waals surface area (Å²) in [6.45, 7) is 7.13. The van der Waals surface area contributed by atoms with Crippen LogP contribution in [-0.2, 0) is 20.9 Å². The van der Waals surface area contributed by atoms with Crippen molar-refractivity contribution in [2.24, 2.45) is 0 Å². The van der Waals surface area contributed by atoms with Gasteiger partial charge in [-0.05, 0) is 24.6 Å². The molecule has 0 aliphatic rings. The Labute approximate surface area is 129 Å². The lowest BCUT2D eigenvalue weighted by molar-refractivity contribution is -0.128. The Kier molecular flexibility index (Phi) is 6.82. The standard InChI is InChI=1S/C16H20N2O4/c1-4-9-17-15(20)11(2)22-16(21)14-7-5-13(6-8-14)10-18-12(3)19/h4-8,11H,1,9-10H2,2-3H3,(H,17,20)(H,18,19). The maximum Gasteiger partial charge on any atom is 0.338 e. The van der Waals surface area contributed by atoms with Crippen LogP contribution in [-0.4, -0.2) is 30.4 Å². The van der Waals surface area contributed by atoms with Crippen molar-refractivity contribution in [2.45, 2.75) is 26.5 Å². The van der Waals surface area contributed by atoms with Crippen molar-refractivity contribution in [1.82, 2.24) is 10.6 Å². The molecule has 0 spiro atoms. The van der Waals surface area contributed by atoms with E-state index in [9.17, 15) is 14.4 Å². The second-order valence-electron chi connectivity index (χ2n) is 4.69. The Balaban J connectivity index is 2.56. The van der Waals surface area contributed by atoms with Gasteiger partial charge in [0.15, 0.2) is 6.10 Å². The van der Waals surface area contributed by atoms with Crippen molar-refractivity contribution >= 4 is 17.8 Å². The first-order chi connectivity index (χ1) is 10.4. The second-order valence-corrected chi connectivity index (χ2v) is 4.69. The van der Waals surface area contributed by atoms with Crippen molar-refractivity contribution in [2.75, 3.05) is 6.54 Å². The number of nitrogens with one attached hydrogen (secondary N) is 2. The third kappa shape index (κ3) is 5.78. The largest absolute Gasteiger partial charge is 0.449 e. The number of hydrogen-bond donors (Lipinski definition) is 2. The molecule has 0 saturated heterocycles. The van der Waals surface area contributed by atoms with E-state index in [-0.39, 0.29) is 11.8 Å². The Hall–Kier alpha value is -2.63. The lowest BCUT2D eigenvalue weighted by Gasteiger charge is -2.13. The van der Waals surface area contributed by atoms with Crippen LogP contribution in [0, 0.1) is 0 Å². The highest BCUT2D eigenvalue weighted by atomic mass is 16.5.